The highest BCUT2D eigenvalue weighted by molar-refractivity contribution is 5.35. The first kappa shape index (κ1) is 11.1. The van der Waals surface area contributed by atoms with E-state index in [0.29, 0.717) is 0 Å². The van der Waals surface area contributed by atoms with E-state index in [1.165, 1.54) is 17.6 Å². The van der Waals surface area contributed by atoms with Gasteiger partial charge >= 0.3 is 0 Å². The van der Waals surface area contributed by atoms with E-state index in [1.807, 2.05) is 6.92 Å². The smallest absolute Gasteiger partial charge is 0.0962 e. The van der Waals surface area contributed by atoms with Gasteiger partial charge in [-0.25, -0.2) is 0 Å². The van der Waals surface area contributed by atoms with Crippen molar-refractivity contribution in [3.05, 3.63) is 35.6 Å². The van der Waals surface area contributed by atoms with Crippen molar-refractivity contribution >= 4 is 0 Å². The molecule has 14 heavy (non-hydrogen) atoms. The predicted molar refractivity (Wildman–Crippen MR) is 61.1 cm³/mol. The molecule has 1 aliphatic rings. The van der Waals surface area contributed by atoms with Gasteiger partial charge in [-0.3, -0.25) is 0 Å². The van der Waals surface area contributed by atoms with Crippen LogP contribution in [0.2, 0.25) is 0 Å². The molecule has 0 aromatic carbocycles. The van der Waals surface area contributed by atoms with Crippen LogP contribution in [-0.2, 0) is 4.74 Å². The molecule has 0 fully saturated rings. The van der Waals surface area contributed by atoms with E-state index in [9.17, 15) is 0 Å². The SMILES string of the molecule is C=C(CCC)C1=CC=C(OCC)CC1. The molecule has 0 aliphatic heterocycles. The summed E-state index contributed by atoms with van der Waals surface area (Å²) in [6, 6.07) is 0. The maximum Gasteiger partial charge on any atom is 0.0962 e. The van der Waals surface area contributed by atoms with E-state index in [-0.39, 0.29) is 0 Å². The zero-order valence-corrected chi connectivity index (χ0v) is 9.31. The number of allylic oxidation sites excluding steroid dienone is 5. The Bertz CT molecular complexity index is 258. The molecule has 0 amide bonds. The molecule has 0 aromatic heterocycles. The fourth-order valence-corrected chi connectivity index (χ4v) is 1.68. The summed E-state index contributed by atoms with van der Waals surface area (Å²) in [4.78, 5) is 0. The number of hydrogen-bond donors (Lipinski definition) is 0. The second kappa shape index (κ2) is 5.69. The highest BCUT2D eigenvalue weighted by Gasteiger charge is 2.08. The van der Waals surface area contributed by atoms with Gasteiger partial charge in [-0.05, 0) is 31.4 Å². The van der Waals surface area contributed by atoms with Crippen molar-refractivity contribution in [2.45, 2.75) is 39.5 Å². The lowest BCUT2D eigenvalue weighted by molar-refractivity contribution is 0.217. The normalized spacial score (nSPS) is 15.9. The van der Waals surface area contributed by atoms with Gasteiger partial charge in [0, 0.05) is 6.42 Å². The number of ether oxygens (including phenoxy) is 1. The van der Waals surface area contributed by atoms with Crippen molar-refractivity contribution in [1.82, 2.24) is 0 Å². The minimum atomic E-state index is 0.769. The maximum absolute atomic E-state index is 5.46. The first-order chi connectivity index (χ1) is 6.77. The third kappa shape index (κ3) is 3.06. The van der Waals surface area contributed by atoms with Gasteiger partial charge in [0.2, 0.25) is 0 Å². The molecule has 0 radical (unpaired) electrons. The summed E-state index contributed by atoms with van der Waals surface area (Å²) in [5, 5.41) is 0. The quantitative estimate of drug-likeness (QED) is 0.640. The van der Waals surface area contributed by atoms with Crippen LogP contribution in [0.3, 0.4) is 0 Å². The van der Waals surface area contributed by atoms with E-state index in [0.717, 1.165) is 31.6 Å². The van der Waals surface area contributed by atoms with Gasteiger partial charge in [0.25, 0.3) is 0 Å². The molecular weight excluding hydrogens is 172 g/mol. The van der Waals surface area contributed by atoms with E-state index >= 15 is 0 Å². The van der Waals surface area contributed by atoms with Crippen LogP contribution >= 0.6 is 0 Å². The van der Waals surface area contributed by atoms with Crippen LogP contribution in [0, 0.1) is 0 Å². The third-order valence-electron chi connectivity index (χ3n) is 2.45. The van der Waals surface area contributed by atoms with Crippen LogP contribution in [0.4, 0.5) is 0 Å². The number of rotatable bonds is 5. The van der Waals surface area contributed by atoms with Crippen molar-refractivity contribution in [3.63, 3.8) is 0 Å². The standard InChI is InChI=1S/C13H20O/c1-4-6-11(3)12-7-9-13(10-8-12)14-5-2/h7,9H,3-6,8,10H2,1-2H3. The fraction of sp³-hybridized carbons (Fsp3) is 0.538. The highest BCUT2D eigenvalue weighted by Crippen LogP contribution is 2.25. The summed E-state index contributed by atoms with van der Waals surface area (Å²) in [5.74, 6) is 1.11. The van der Waals surface area contributed by atoms with Crippen molar-refractivity contribution < 1.29 is 4.74 Å². The zero-order valence-electron chi connectivity index (χ0n) is 9.31. The second-order valence-corrected chi connectivity index (χ2v) is 3.61. The summed E-state index contributed by atoms with van der Waals surface area (Å²) >= 11 is 0. The lowest BCUT2D eigenvalue weighted by atomic mass is 9.95. The molecule has 0 aromatic rings. The molecule has 0 spiro atoms. The molecule has 1 aliphatic carbocycles. The summed E-state index contributed by atoms with van der Waals surface area (Å²) in [6.45, 7) is 9.08. The number of hydrogen-bond acceptors (Lipinski definition) is 1. The fourth-order valence-electron chi connectivity index (χ4n) is 1.68. The molecule has 0 saturated heterocycles. The third-order valence-corrected chi connectivity index (χ3v) is 2.45. The Morgan fingerprint density at radius 2 is 2.14 bits per heavy atom. The van der Waals surface area contributed by atoms with Crippen molar-refractivity contribution in [1.29, 1.82) is 0 Å². The summed E-state index contributed by atoms with van der Waals surface area (Å²) < 4.78 is 5.46. The van der Waals surface area contributed by atoms with E-state index in [2.05, 4.69) is 25.7 Å². The van der Waals surface area contributed by atoms with E-state index in [4.69, 9.17) is 4.74 Å². The average Bonchev–Trinajstić information content (AvgIpc) is 2.20. The molecule has 0 atom stereocenters. The Balaban J connectivity index is 2.54. The van der Waals surface area contributed by atoms with Crippen LogP contribution in [-0.4, -0.2) is 6.61 Å². The zero-order chi connectivity index (χ0) is 10.4. The van der Waals surface area contributed by atoms with Crippen LogP contribution in [0.1, 0.15) is 39.5 Å². The van der Waals surface area contributed by atoms with Gasteiger partial charge in [0.15, 0.2) is 0 Å². The Labute approximate surface area is 87.2 Å². The summed E-state index contributed by atoms with van der Waals surface area (Å²) in [6.07, 6.45) is 8.66. The molecule has 0 saturated carbocycles. The van der Waals surface area contributed by atoms with Gasteiger partial charge in [-0.15, -0.1) is 0 Å². The van der Waals surface area contributed by atoms with Crippen LogP contribution < -0.4 is 0 Å². The van der Waals surface area contributed by atoms with Crippen molar-refractivity contribution in [2.75, 3.05) is 6.61 Å². The van der Waals surface area contributed by atoms with Gasteiger partial charge < -0.3 is 4.74 Å². The van der Waals surface area contributed by atoms with Crippen LogP contribution in [0.5, 0.6) is 0 Å². The first-order valence-electron chi connectivity index (χ1n) is 5.48. The summed E-state index contributed by atoms with van der Waals surface area (Å²) in [7, 11) is 0. The molecule has 1 rings (SSSR count). The highest BCUT2D eigenvalue weighted by atomic mass is 16.5. The molecule has 0 bridgehead atoms. The van der Waals surface area contributed by atoms with Gasteiger partial charge in [-0.2, -0.15) is 0 Å². The molecule has 1 nitrogen and oxygen atoms in total. The minimum absolute atomic E-state index is 0.769. The van der Waals surface area contributed by atoms with Gasteiger partial charge in [-0.1, -0.05) is 31.6 Å². The van der Waals surface area contributed by atoms with E-state index in [1.54, 1.807) is 0 Å². The Morgan fingerprint density at radius 3 is 2.64 bits per heavy atom. The molecular formula is C13H20O. The second-order valence-electron chi connectivity index (χ2n) is 3.61. The molecule has 0 heterocycles. The minimum Gasteiger partial charge on any atom is -0.498 e. The first-order valence-corrected chi connectivity index (χ1v) is 5.48. The average molecular weight is 192 g/mol. The molecule has 0 unspecified atom stereocenters. The van der Waals surface area contributed by atoms with E-state index < -0.39 is 0 Å². The van der Waals surface area contributed by atoms with Gasteiger partial charge in [0.1, 0.15) is 0 Å². The lowest BCUT2D eigenvalue weighted by Gasteiger charge is -2.16. The molecule has 0 N–H and O–H groups in total. The molecule has 78 valence electrons. The van der Waals surface area contributed by atoms with Crippen molar-refractivity contribution in [3.8, 4) is 0 Å². The van der Waals surface area contributed by atoms with Crippen LogP contribution in [0.25, 0.3) is 0 Å². The largest absolute Gasteiger partial charge is 0.498 e. The Hall–Kier alpha value is -0.980. The maximum atomic E-state index is 5.46. The Morgan fingerprint density at radius 1 is 1.36 bits per heavy atom. The predicted octanol–water partition coefficient (Wildman–Crippen LogP) is 3.98. The van der Waals surface area contributed by atoms with Gasteiger partial charge in [0.05, 0.1) is 12.4 Å². The lowest BCUT2D eigenvalue weighted by Crippen LogP contribution is -1.99. The Kier molecular flexibility index (Phi) is 4.51. The topological polar surface area (TPSA) is 9.23 Å². The van der Waals surface area contributed by atoms with Crippen molar-refractivity contribution in [2.24, 2.45) is 0 Å². The monoisotopic (exact) mass is 192 g/mol. The van der Waals surface area contributed by atoms with Crippen LogP contribution in [0.15, 0.2) is 35.6 Å². The summed E-state index contributed by atoms with van der Waals surface area (Å²) in [5.41, 5.74) is 2.69. The molecule has 1 heteroatoms.